The molecule has 148 valence electrons. The van der Waals surface area contributed by atoms with Crippen molar-refractivity contribution in [1.82, 2.24) is 5.32 Å². The number of amides is 3. The fourth-order valence-electron chi connectivity index (χ4n) is 2.64. The van der Waals surface area contributed by atoms with Crippen LogP contribution < -0.4 is 20.7 Å². The number of carbonyl (C=O) groups excluding carboxylic acids is 2. The third-order valence-corrected chi connectivity index (χ3v) is 4.16. The van der Waals surface area contributed by atoms with E-state index in [-0.39, 0.29) is 18.3 Å². The number of methoxy groups -OCH3 is 1. The Morgan fingerprint density at radius 3 is 2.31 bits per heavy atom. The fourth-order valence-corrected chi connectivity index (χ4v) is 2.64. The molecular weight excluding hydrogens is 373 g/mol. The van der Waals surface area contributed by atoms with Gasteiger partial charge in [0.15, 0.2) is 0 Å². The van der Waals surface area contributed by atoms with E-state index >= 15 is 0 Å². The van der Waals surface area contributed by atoms with Crippen LogP contribution in [0.1, 0.15) is 15.9 Å². The number of hydrogen-bond donors (Lipinski definition) is 3. The molecule has 0 radical (unpaired) electrons. The Labute approximate surface area is 167 Å². The van der Waals surface area contributed by atoms with Gasteiger partial charge in [0.2, 0.25) is 0 Å². The number of ether oxygens (including phenoxy) is 1. The molecule has 0 saturated heterocycles. The van der Waals surface area contributed by atoms with Crippen molar-refractivity contribution in [2.24, 2.45) is 0 Å². The van der Waals surface area contributed by atoms with Gasteiger partial charge in [-0.15, -0.1) is 0 Å². The van der Waals surface area contributed by atoms with Crippen molar-refractivity contribution in [2.45, 2.75) is 6.54 Å². The van der Waals surface area contributed by atoms with Crippen LogP contribution >= 0.6 is 0 Å². The van der Waals surface area contributed by atoms with E-state index in [9.17, 15) is 14.0 Å². The molecule has 3 rings (SSSR count). The molecule has 3 amide bonds. The van der Waals surface area contributed by atoms with Crippen molar-refractivity contribution >= 4 is 23.3 Å². The molecule has 0 heterocycles. The zero-order chi connectivity index (χ0) is 20.6. The second-order valence-corrected chi connectivity index (χ2v) is 6.13. The van der Waals surface area contributed by atoms with Gasteiger partial charge >= 0.3 is 6.03 Å². The normalized spacial score (nSPS) is 10.1. The minimum atomic E-state index is -0.473. The molecule has 6 nitrogen and oxygen atoms in total. The van der Waals surface area contributed by atoms with Crippen molar-refractivity contribution in [3.63, 3.8) is 0 Å². The predicted molar refractivity (Wildman–Crippen MR) is 110 cm³/mol. The Kier molecular flexibility index (Phi) is 6.42. The molecule has 3 aromatic carbocycles. The molecule has 3 aromatic rings. The summed E-state index contributed by atoms with van der Waals surface area (Å²) in [4.78, 5) is 24.4. The Morgan fingerprint density at radius 2 is 1.59 bits per heavy atom. The van der Waals surface area contributed by atoms with Gasteiger partial charge in [-0.1, -0.05) is 30.3 Å². The lowest BCUT2D eigenvalue weighted by Gasteiger charge is -2.11. The number of hydrogen-bond acceptors (Lipinski definition) is 3. The van der Waals surface area contributed by atoms with Gasteiger partial charge in [0.1, 0.15) is 11.6 Å². The zero-order valence-corrected chi connectivity index (χ0v) is 15.7. The quantitative estimate of drug-likeness (QED) is 0.580. The van der Waals surface area contributed by atoms with Crippen molar-refractivity contribution in [3.8, 4) is 5.75 Å². The van der Waals surface area contributed by atoms with Crippen LogP contribution in [0.4, 0.5) is 20.6 Å². The molecule has 0 aromatic heterocycles. The molecule has 0 aliphatic rings. The maximum absolute atomic E-state index is 13.6. The molecular formula is C22H20FN3O3. The number of carbonyl (C=O) groups is 2. The molecule has 3 N–H and O–H groups in total. The van der Waals surface area contributed by atoms with E-state index in [1.54, 1.807) is 60.7 Å². The molecule has 7 heteroatoms. The van der Waals surface area contributed by atoms with Crippen LogP contribution in [0.5, 0.6) is 5.75 Å². The van der Waals surface area contributed by atoms with Gasteiger partial charge in [-0.25, -0.2) is 9.18 Å². The molecule has 0 unspecified atom stereocenters. The first kappa shape index (κ1) is 19.9. The number of para-hydroxylation sites is 2. The minimum Gasteiger partial charge on any atom is -0.495 e. The summed E-state index contributed by atoms with van der Waals surface area (Å²) in [6, 6.07) is 19.3. The van der Waals surface area contributed by atoms with E-state index in [1.165, 1.54) is 13.2 Å². The number of benzene rings is 3. The summed E-state index contributed by atoms with van der Waals surface area (Å²) < 4.78 is 18.8. The van der Waals surface area contributed by atoms with Crippen molar-refractivity contribution in [2.75, 3.05) is 17.7 Å². The van der Waals surface area contributed by atoms with Gasteiger partial charge in [0.25, 0.3) is 5.91 Å². The minimum absolute atomic E-state index is 0.0674. The van der Waals surface area contributed by atoms with E-state index in [0.717, 1.165) is 0 Å². The van der Waals surface area contributed by atoms with E-state index < -0.39 is 6.03 Å². The molecule has 0 atom stereocenters. The lowest BCUT2D eigenvalue weighted by molar-refractivity contribution is 0.102. The SMILES string of the molecule is COc1ccccc1NC(=O)c1ccc(NC(=O)NCc2ccccc2F)cc1. The van der Waals surface area contributed by atoms with E-state index in [1.807, 2.05) is 6.07 Å². The van der Waals surface area contributed by atoms with Gasteiger partial charge in [0, 0.05) is 23.4 Å². The van der Waals surface area contributed by atoms with Crippen LogP contribution in [0.15, 0.2) is 72.8 Å². The van der Waals surface area contributed by atoms with Crippen molar-refractivity contribution in [3.05, 3.63) is 89.7 Å². The van der Waals surface area contributed by atoms with Gasteiger partial charge in [0.05, 0.1) is 12.8 Å². The molecule has 0 saturated carbocycles. The van der Waals surface area contributed by atoms with Gasteiger partial charge < -0.3 is 20.7 Å². The number of nitrogens with one attached hydrogen (secondary N) is 3. The average Bonchev–Trinajstić information content (AvgIpc) is 2.74. The second-order valence-electron chi connectivity index (χ2n) is 6.13. The highest BCUT2D eigenvalue weighted by molar-refractivity contribution is 6.05. The van der Waals surface area contributed by atoms with Crippen LogP contribution in [-0.4, -0.2) is 19.0 Å². The maximum Gasteiger partial charge on any atom is 0.319 e. The van der Waals surface area contributed by atoms with E-state index in [0.29, 0.717) is 28.3 Å². The smallest absolute Gasteiger partial charge is 0.319 e. The van der Waals surface area contributed by atoms with Crippen LogP contribution in [0.3, 0.4) is 0 Å². The van der Waals surface area contributed by atoms with Gasteiger partial charge in [-0.3, -0.25) is 4.79 Å². The van der Waals surface area contributed by atoms with Crippen LogP contribution in [0, 0.1) is 5.82 Å². The number of urea groups is 1. The Balaban J connectivity index is 1.56. The molecule has 29 heavy (non-hydrogen) atoms. The Morgan fingerprint density at radius 1 is 0.897 bits per heavy atom. The summed E-state index contributed by atoms with van der Waals surface area (Å²) in [5.41, 5.74) is 1.89. The fraction of sp³-hybridized carbons (Fsp3) is 0.0909. The largest absolute Gasteiger partial charge is 0.495 e. The zero-order valence-electron chi connectivity index (χ0n) is 15.7. The van der Waals surface area contributed by atoms with Crippen LogP contribution in [0.25, 0.3) is 0 Å². The summed E-state index contributed by atoms with van der Waals surface area (Å²) in [7, 11) is 1.53. The highest BCUT2D eigenvalue weighted by atomic mass is 19.1. The predicted octanol–water partition coefficient (Wildman–Crippen LogP) is 4.41. The first-order valence-corrected chi connectivity index (χ1v) is 8.89. The topological polar surface area (TPSA) is 79.5 Å². The molecule has 0 aliphatic carbocycles. The third-order valence-electron chi connectivity index (χ3n) is 4.16. The molecule has 0 aliphatic heterocycles. The lowest BCUT2D eigenvalue weighted by atomic mass is 10.2. The molecule has 0 bridgehead atoms. The molecule has 0 fully saturated rings. The monoisotopic (exact) mass is 393 g/mol. The Hall–Kier alpha value is -3.87. The highest BCUT2D eigenvalue weighted by Crippen LogP contribution is 2.23. The first-order valence-electron chi connectivity index (χ1n) is 8.89. The lowest BCUT2D eigenvalue weighted by Crippen LogP contribution is -2.28. The number of rotatable bonds is 6. The molecule has 0 spiro atoms. The van der Waals surface area contributed by atoms with Crippen molar-refractivity contribution in [1.29, 1.82) is 0 Å². The van der Waals surface area contributed by atoms with E-state index in [4.69, 9.17) is 4.74 Å². The third kappa shape index (κ3) is 5.32. The second kappa shape index (κ2) is 9.36. The standard InChI is InChI=1S/C22H20FN3O3/c1-29-20-9-5-4-8-19(20)26-21(27)15-10-12-17(13-11-15)25-22(28)24-14-16-6-2-3-7-18(16)23/h2-13H,14H2,1H3,(H,26,27)(H2,24,25,28). The van der Waals surface area contributed by atoms with Crippen LogP contribution in [0.2, 0.25) is 0 Å². The summed E-state index contributed by atoms with van der Waals surface area (Å²) >= 11 is 0. The van der Waals surface area contributed by atoms with Crippen molar-refractivity contribution < 1.29 is 18.7 Å². The van der Waals surface area contributed by atoms with Crippen LogP contribution in [-0.2, 0) is 6.54 Å². The highest BCUT2D eigenvalue weighted by Gasteiger charge is 2.10. The summed E-state index contributed by atoms with van der Waals surface area (Å²) in [5.74, 6) is -0.117. The summed E-state index contributed by atoms with van der Waals surface area (Å²) in [6.07, 6.45) is 0. The van der Waals surface area contributed by atoms with E-state index in [2.05, 4.69) is 16.0 Å². The first-order chi connectivity index (χ1) is 14.1. The van der Waals surface area contributed by atoms with Gasteiger partial charge in [-0.05, 0) is 42.5 Å². The Bertz CT molecular complexity index is 1010. The summed E-state index contributed by atoms with van der Waals surface area (Å²) in [5, 5.41) is 8.01. The summed E-state index contributed by atoms with van der Waals surface area (Å²) in [6.45, 7) is 0.0674. The van der Waals surface area contributed by atoms with Gasteiger partial charge in [-0.2, -0.15) is 0 Å². The number of halogens is 1. The number of anilines is 2. The maximum atomic E-state index is 13.6. The average molecular weight is 393 g/mol.